The first-order valence-corrected chi connectivity index (χ1v) is 8.00. The number of nitrogens with zero attached hydrogens (tertiary/aromatic N) is 1. The molecule has 1 aliphatic heterocycles. The minimum atomic E-state index is -0.439. The number of para-hydroxylation sites is 1. The van der Waals surface area contributed by atoms with Crippen LogP contribution in [0.4, 0.5) is 0 Å². The molecule has 3 amide bonds. The number of hydrazine groups is 1. The Balaban J connectivity index is 1.74. The fourth-order valence-electron chi connectivity index (χ4n) is 2.61. The van der Waals surface area contributed by atoms with Crippen molar-refractivity contribution in [2.24, 2.45) is 5.92 Å². The summed E-state index contributed by atoms with van der Waals surface area (Å²) in [6, 6.07) is 7.38. The maximum Gasteiger partial charge on any atom is 0.276 e. The number of hydrogen-bond donors (Lipinski definition) is 2. The van der Waals surface area contributed by atoms with Crippen LogP contribution in [0, 0.1) is 12.8 Å². The molecule has 1 aromatic rings. The van der Waals surface area contributed by atoms with Crippen molar-refractivity contribution in [1.29, 1.82) is 0 Å². The van der Waals surface area contributed by atoms with E-state index in [1.165, 1.54) is 6.92 Å². The van der Waals surface area contributed by atoms with Crippen molar-refractivity contribution in [3.63, 3.8) is 0 Å². The Morgan fingerprint density at radius 1 is 1.25 bits per heavy atom. The van der Waals surface area contributed by atoms with Crippen LogP contribution in [0.1, 0.15) is 25.3 Å². The summed E-state index contributed by atoms with van der Waals surface area (Å²) in [5.74, 6) is -0.442. The van der Waals surface area contributed by atoms with Gasteiger partial charge in [0.1, 0.15) is 5.75 Å². The molecule has 0 aliphatic carbocycles. The number of hydrogen-bond acceptors (Lipinski definition) is 4. The van der Waals surface area contributed by atoms with Crippen molar-refractivity contribution in [2.75, 3.05) is 19.7 Å². The number of carbonyl (C=O) groups excluding carboxylic acids is 3. The van der Waals surface area contributed by atoms with E-state index in [0.717, 1.165) is 12.0 Å². The molecule has 1 saturated heterocycles. The summed E-state index contributed by atoms with van der Waals surface area (Å²) in [5, 5.41) is 0. The van der Waals surface area contributed by atoms with Gasteiger partial charge in [-0.05, 0) is 31.4 Å². The Labute approximate surface area is 141 Å². The van der Waals surface area contributed by atoms with E-state index in [9.17, 15) is 14.4 Å². The second-order valence-corrected chi connectivity index (χ2v) is 5.90. The van der Waals surface area contributed by atoms with Crippen LogP contribution in [0.5, 0.6) is 5.75 Å². The van der Waals surface area contributed by atoms with Gasteiger partial charge in [0.15, 0.2) is 6.61 Å². The topological polar surface area (TPSA) is 87.7 Å². The Morgan fingerprint density at radius 3 is 2.71 bits per heavy atom. The highest BCUT2D eigenvalue weighted by atomic mass is 16.5. The summed E-state index contributed by atoms with van der Waals surface area (Å²) in [7, 11) is 0. The summed E-state index contributed by atoms with van der Waals surface area (Å²) in [4.78, 5) is 36.9. The van der Waals surface area contributed by atoms with Gasteiger partial charge in [0.25, 0.3) is 5.91 Å². The highest BCUT2D eigenvalue weighted by Gasteiger charge is 2.27. The first-order chi connectivity index (χ1) is 11.5. The molecule has 0 radical (unpaired) electrons. The summed E-state index contributed by atoms with van der Waals surface area (Å²) < 4.78 is 5.41. The minimum absolute atomic E-state index is 0.0387. The van der Waals surface area contributed by atoms with Crippen molar-refractivity contribution < 1.29 is 19.1 Å². The molecule has 7 nitrogen and oxygen atoms in total. The molecular formula is C17H23N3O4. The van der Waals surface area contributed by atoms with Gasteiger partial charge in [-0.1, -0.05) is 18.2 Å². The van der Waals surface area contributed by atoms with Crippen molar-refractivity contribution in [3.05, 3.63) is 29.8 Å². The van der Waals surface area contributed by atoms with E-state index in [4.69, 9.17) is 4.74 Å². The lowest BCUT2D eigenvalue weighted by atomic mass is 9.97. The quantitative estimate of drug-likeness (QED) is 0.797. The maximum absolute atomic E-state index is 12.1. The smallest absolute Gasteiger partial charge is 0.276 e. The van der Waals surface area contributed by atoms with Gasteiger partial charge >= 0.3 is 0 Å². The summed E-state index contributed by atoms with van der Waals surface area (Å²) >= 11 is 0. The van der Waals surface area contributed by atoms with E-state index in [1.807, 2.05) is 25.1 Å². The average Bonchev–Trinajstić information content (AvgIpc) is 2.59. The van der Waals surface area contributed by atoms with Crippen LogP contribution < -0.4 is 15.6 Å². The number of likely N-dealkylation sites (tertiary alicyclic amines) is 1. The zero-order valence-electron chi connectivity index (χ0n) is 14.0. The van der Waals surface area contributed by atoms with Crippen LogP contribution in [-0.4, -0.2) is 42.3 Å². The zero-order valence-corrected chi connectivity index (χ0v) is 14.0. The van der Waals surface area contributed by atoms with Crippen molar-refractivity contribution in [1.82, 2.24) is 15.8 Å². The number of ether oxygens (including phenoxy) is 1. The van der Waals surface area contributed by atoms with Crippen LogP contribution in [-0.2, 0) is 14.4 Å². The summed E-state index contributed by atoms with van der Waals surface area (Å²) in [6.07, 6.45) is 1.48. The van der Waals surface area contributed by atoms with Crippen LogP contribution in [0.3, 0.4) is 0 Å². The van der Waals surface area contributed by atoms with E-state index < -0.39 is 5.91 Å². The third-order valence-corrected chi connectivity index (χ3v) is 4.01. The van der Waals surface area contributed by atoms with E-state index in [1.54, 1.807) is 11.0 Å². The molecule has 1 aliphatic rings. The van der Waals surface area contributed by atoms with E-state index in [0.29, 0.717) is 25.3 Å². The molecule has 1 aromatic carbocycles. The third kappa shape index (κ3) is 4.97. The molecular weight excluding hydrogens is 310 g/mol. The molecule has 24 heavy (non-hydrogen) atoms. The van der Waals surface area contributed by atoms with Gasteiger partial charge in [0.2, 0.25) is 11.8 Å². The van der Waals surface area contributed by atoms with Crippen LogP contribution in [0.25, 0.3) is 0 Å². The predicted molar refractivity (Wildman–Crippen MR) is 87.9 cm³/mol. The van der Waals surface area contributed by atoms with Crippen molar-refractivity contribution in [3.8, 4) is 5.75 Å². The molecule has 1 fully saturated rings. The molecule has 0 unspecified atom stereocenters. The van der Waals surface area contributed by atoms with Gasteiger partial charge in [-0.15, -0.1) is 0 Å². The second-order valence-electron chi connectivity index (χ2n) is 5.90. The Bertz CT molecular complexity index is 618. The largest absolute Gasteiger partial charge is 0.483 e. The highest BCUT2D eigenvalue weighted by molar-refractivity contribution is 5.84. The van der Waals surface area contributed by atoms with Gasteiger partial charge in [0, 0.05) is 20.0 Å². The Kier molecular flexibility index (Phi) is 6.17. The fraction of sp³-hybridized carbons (Fsp3) is 0.471. The van der Waals surface area contributed by atoms with E-state index in [2.05, 4.69) is 10.9 Å². The molecule has 0 spiro atoms. The monoisotopic (exact) mass is 333 g/mol. The van der Waals surface area contributed by atoms with Gasteiger partial charge in [-0.3, -0.25) is 25.2 Å². The minimum Gasteiger partial charge on any atom is -0.483 e. The lowest BCUT2D eigenvalue weighted by molar-refractivity contribution is -0.136. The average molecular weight is 333 g/mol. The predicted octanol–water partition coefficient (Wildman–Crippen LogP) is 0.780. The molecule has 1 heterocycles. The van der Waals surface area contributed by atoms with Gasteiger partial charge in [-0.25, -0.2) is 0 Å². The third-order valence-electron chi connectivity index (χ3n) is 4.01. The fourth-order valence-corrected chi connectivity index (χ4v) is 2.61. The molecule has 7 heteroatoms. The molecule has 130 valence electrons. The number of aryl methyl sites for hydroxylation is 1. The SMILES string of the molecule is CC(=O)N1CCC[C@@H](C(=O)NNC(=O)COc2ccccc2C)C1. The first-order valence-electron chi connectivity index (χ1n) is 8.00. The number of carbonyl (C=O) groups is 3. The number of nitrogens with one attached hydrogen (secondary N) is 2. The number of piperidine rings is 1. The Morgan fingerprint density at radius 2 is 2.00 bits per heavy atom. The van der Waals surface area contributed by atoms with Crippen LogP contribution in [0.2, 0.25) is 0 Å². The van der Waals surface area contributed by atoms with Crippen LogP contribution in [0.15, 0.2) is 24.3 Å². The normalized spacial score (nSPS) is 17.1. The van der Waals surface area contributed by atoms with Crippen LogP contribution >= 0.6 is 0 Å². The highest BCUT2D eigenvalue weighted by Crippen LogP contribution is 2.17. The molecule has 2 rings (SSSR count). The molecule has 0 bridgehead atoms. The number of rotatable bonds is 4. The Hall–Kier alpha value is -2.57. The molecule has 2 N–H and O–H groups in total. The summed E-state index contributed by atoms with van der Waals surface area (Å²) in [6.45, 7) is 4.26. The number of benzene rings is 1. The standard InChI is InChI=1S/C17H23N3O4/c1-12-6-3-4-8-15(12)24-11-16(22)18-19-17(23)14-7-5-9-20(10-14)13(2)21/h3-4,6,8,14H,5,7,9-11H2,1-2H3,(H,18,22)(H,19,23)/t14-/m1/s1. The van der Waals surface area contributed by atoms with E-state index in [-0.39, 0.29) is 24.3 Å². The van der Waals surface area contributed by atoms with Gasteiger partial charge in [-0.2, -0.15) is 0 Å². The van der Waals surface area contributed by atoms with Crippen molar-refractivity contribution in [2.45, 2.75) is 26.7 Å². The van der Waals surface area contributed by atoms with E-state index >= 15 is 0 Å². The molecule has 0 aromatic heterocycles. The lowest BCUT2D eigenvalue weighted by Gasteiger charge is -2.31. The summed E-state index contributed by atoms with van der Waals surface area (Å²) in [5.41, 5.74) is 5.68. The molecule has 0 saturated carbocycles. The second kappa shape index (κ2) is 8.33. The molecule has 1 atom stereocenters. The lowest BCUT2D eigenvalue weighted by Crippen LogP contribution is -2.50. The van der Waals surface area contributed by atoms with Gasteiger partial charge in [0.05, 0.1) is 5.92 Å². The first kappa shape index (κ1) is 17.8. The van der Waals surface area contributed by atoms with Gasteiger partial charge < -0.3 is 9.64 Å². The maximum atomic E-state index is 12.1. The number of amides is 3. The zero-order chi connectivity index (χ0) is 17.5. The van der Waals surface area contributed by atoms with Crippen molar-refractivity contribution >= 4 is 17.7 Å².